The Morgan fingerprint density at radius 1 is 1.25 bits per heavy atom. The molecule has 0 aliphatic heterocycles. The molecule has 3 heterocycles. The minimum atomic E-state index is -4.42. The SMILES string of the molecule is CCNC(=NCc1cn2c(C)cccc2n1)NCc1nc(C(F)(F)F)cs1.I. The van der Waals surface area contributed by atoms with E-state index in [9.17, 15) is 13.2 Å². The minimum absolute atomic E-state index is 0. The summed E-state index contributed by atoms with van der Waals surface area (Å²) in [6.45, 7) is 5.05. The van der Waals surface area contributed by atoms with E-state index in [0.717, 1.165) is 33.8 Å². The molecule has 2 N–H and O–H groups in total. The normalized spacial score (nSPS) is 12.1. The van der Waals surface area contributed by atoms with Crippen LogP contribution in [-0.2, 0) is 19.3 Å². The Hall–Kier alpha value is -1.89. The zero-order valence-electron chi connectivity index (χ0n) is 15.2. The van der Waals surface area contributed by atoms with E-state index in [1.54, 1.807) is 0 Å². The molecule has 3 rings (SSSR count). The summed E-state index contributed by atoms with van der Waals surface area (Å²) < 4.78 is 39.9. The van der Waals surface area contributed by atoms with Gasteiger partial charge in [0.15, 0.2) is 11.7 Å². The number of imidazole rings is 1. The van der Waals surface area contributed by atoms with Crippen molar-refractivity contribution in [1.29, 1.82) is 0 Å². The summed E-state index contributed by atoms with van der Waals surface area (Å²) >= 11 is 0.963. The van der Waals surface area contributed by atoms with Crippen LogP contribution < -0.4 is 10.6 Å². The van der Waals surface area contributed by atoms with Gasteiger partial charge in [-0.3, -0.25) is 0 Å². The second-order valence-corrected chi connectivity index (χ2v) is 6.74. The van der Waals surface area contributed by atoms with Gasteiger partial charge in [-0.25, -0.2) is 15.0 Å². The topological polar surface area (TPSA) is 66.6 Å². The summed E-state index contributed by atoms with van der Waals surface area (Å²) in [6, 6.07) is 5.86. The molecule has 0 unspecified atom stereocenters. The zero-order chi connectivity index (χ0) is 19.4. The van der Waals surface area contributed by atoms with Crippen LogP contribution in [0.15, 0.2) is 34.8 Å². The number of hydrogen-bond donors (Lipinski definition) is 2. The molecule has 6 nitrogen and oxygen atoms in total. The Bertz CT molecular complexity index is 950. The summed E-state index contributed by atoms with van der Waals surface area (Å²) in [6.07, 6.45) is -2.50. The molecular formula is C17H20F3IN6S. The Balaban J connectivity index is 0.00000280. The molecular weight excluding hydrogens is 504 g/mol. The predicted octanol–water partition coefficient (Wildman–Crippen LogP) is 3.99. The first-order chi connectivity index (χ1) is 12.9. The summed E-state index contributed by atoms with van der Waals surface area (Å²) in [7, 11) is 0. The number of fused-ring (bicyclic) bond motifs is 1. The van der Waals surface area contributed by atoms with Gasteiger partial charge in [0.05, 0.1) is 18.8 Å². The molecule has 0 aromatic carbocycles. The summed E-state index contributed by atoms with van der Waals surface area (Å²) in [5, 5.41) is 7.42. The standard InChI is InChI=1S/C17H19F3N6S.HI/c1-3-21-16(23-8-15-25-13(10-27-15)17(18,19)20)22-7-12-9-26-11(2)5-4-6-14(26)24-12;/h4-6,9-10H,3,7-8H2,1-2H3,(H2,21,22,23);1H. The molecule has 11 heteroatoms. The first-order valence-corrected chi connectivity index (χ1v) is 9.22. The van der Waals surface area contributed by atoms with E-state index >= 15 is 0 Å². The fourth-order valence-electron chi connectivity index (χ4n) is 2.46. The van der Waals surface area contributed by atoms with Crippen LogP contribution in [0.3, 0.4) is 0 Å². The van der Waals surface area contributed by atoms with E-state index < -0.39 is 11.9 Å². The number of aliphatic imine (C=N–C) groups is 1. The summed E-state index contributed by atoms with van der Waals surface area (Å²) in [5.41, 5.74) is 1.85. The molecule has 0 fully saturated rings. The van der Waals surface area contributed by atoms with Crippen LogP contribution in [0.2, 0.25) is 0 Å². The van der Waals surface area contributed by atoms with E-state index in [1.165, 1.54) is 0 Å². The van der Waals surface area contributed by atoms with Crippen LogP contribution in [0, 0.1) is 6.92 Å². The first-order valence-electron chi connectivity index (χ1n) is 8.34. The molecule has 0 radical (unpaired) electrons. The lowest BCUT2D eigenvalue weighted by Crippen LogP contribution is -2.36. The van der Waals surface area contributed by atoms with Crippen molar-refractivity contribution in [3.8, 4) is 0 Å². The van der Waals surface area contributed by atoms with Crippen LogP contribution >= 0.6 is 35.3 Å². The highest BCUT2D eigenvalue weighted by Crippen LogP contribution is 2.29. The van der Waals surface area contributed by atoms with Crippen molar-refractivity contribution in [2.24, 2.45) is 4.99 Å². The number of pyridine rings is 1. The Morgan fingerprint density at radius 3 is 2.68 bits per heavy atom. The third-order valence-corrected chi connectivity index (χ3v) is 4.59. The van der Waals surface area contributed by atoms with Gasteiger partial charge in [0, 0.05) is 23.8 Å². The number of thiazole rings is 1. The van der Waals surface area contributed by atoms with E-state index in [0.29, 0.717) is 24.1 Å². The van der Waals surface area contributed by atoms with E-state index in [2.05, 4.69) is 25.6 Å². The van der Waals surface area contributed by atoms with Crippen molar-refractivity contribution < 1.29 is 13.2 Å². The van der Waals surface area contributed by atoms with E-state index in [1.807, 2.05) is 42.6 Å². The molecule has 3 aromatic heterocycles. The van der Waals surface area contributed by atoms with Gasteiger partial charge in [-0.1, -0.05) is 6.07 Å². The third-order valence-electron chi connectivity index (χ3n) is 3.74. The van der Waals surface area contributed by atoms with Crippen molar-refractivity contribution >= 4 is 46.9 Å². The summed E-state index contributed by atoms with van der Waals surface area (Å²) in [4.78, 5) is 12.6. The Labute approximate surface area is 181 Å². The number of alkyl halides is 3. The van der Waals surface area contributed by atoms with Gasteiger partial charge in [0.1, 0.15) is 10.7 Å². The predicted molar refractivity (Wildman–Crippen MR) is 114 cm³/mol. The largest absolute Gasteiger partial charge is 0.434 e. The number of hydrogen-bond acceptors (Lipinski definition) is 4. The second-order valence-electron chi connectivity index (χ2n) is 5.80. The molecule has 152 valence electrons. The lowest BCUT2D eigenvalue weighted by atomic mass is 10.4. The van der Waals surface area contributed by atoms with E-state index in [-0.39, 0.29) is 30.5 Å². The quantitative estimate of drug-likeness (QED) is 0.301. The fraction of sp³-hybridized carbons (Fsp3) is 0.353. The van der Waals surface area contributed by atoms with Gasteiger partial charge in [0.25, 0.3) is 0 Å². The van der Waals surface area contributed by atoms with Gasteiger partial charge in [-0.2, -0.15) is 13.2 Å². The van der Waals surface area contributed by atoms with Crippen molar-refractivity contribution in [2.45, 2.75) is 33.1 Å². The number of rotatable bonds is 5. The van der Waals surface area contributed by atoms with Gasteiger partial charge in [0.2, 0.25) is 0 Å². The molecule has 0 atom stereocenters. The van der Waals surface area contributed by atoms with Crippen molar-refractivity contribution in [2.75, 3.05) is 6.54 Å². The molecule has 0 bridgehead atoms. The average Bonchev–Trinajstić information content (AvgIpc) is 3.24. The fourth-order valence-corrected chi connectivity index (χ4v) is 3.20. The monoisotopic (exact) mass is 524 g/mol. The maximum atomic E-state index is 12.6. The minimum Gasteiger partial charge on any atom is -0.357 e. The molecule has 0 saturated heterocycles. The van der Waals surface area contributed by atoms with Gasteiger partial charge in [-0.05, 0) is 26.0 Å². The van der Waals surface area contributed by atoms with Gasteiger partial charge in [-0.15, -0.1) is 35.3 Å². The maximum Gasteiger partial charge on any atom is 0.434 e. The number of halogens is 4. The van der Waals surface area contributed by atoms with Gasteiger partial charge < -0.3 is 15.0 Å². The lowest BCUT2D eigenvalue weighted by Gasteiger charge is -2.09. The van der Waals surface area contributed by atoms with Crippen molar-refractivity contribution in [3.05, 3.63) is 51.9 Å². The smallest absolute Gasteiger partial charge is 0.357 e. The van der Waals surface area contributed by atoms with Crippen LogP contribution in [0.4, 0.5) is 13.2 Å². The highest BCUT2D eigenvalue weighted by Gasteiger charge is 2.33. The number of aryl methyl sites for hydroxylation is 1. The summed E-state index contributed by atoms with van der Waals surface area (Å²) in [5.74, 6) is 0.495. The molecule has 28 heavy (non-hydrogen) atoms. The molecule has 0 aliphatic rings. The number of nitrogens with zero attached hydrogens (tertiary/aromatic N) is 4. The number of aromatic nitrogens is 3. The average molecular weight is 524 g/mol. The first kappa shape index (κ1) is 22.4. The number of guanidine groups is 1. The third kappa shape index (κ3) is 5.56. The van der Waals surface area contributed by atoms with Crippen LogP contribution in [-0.4, -0.2) is 26.9 Å². The van der Waals surface area contributed by atoms with Gasteiger partial charge >= 0.3 is 6.18 Å². The van der Waals surface area contributed by atoms with E-state index in [4.69, 9.17) is 0 Å². The molecule has 3 aromatic rings. The molecule has 0 spiro atoms. The highest BCUT2D eigenvalue weighted by atomic mass is 127. The van der Waals surface area contributed by atoms with Crippen LogP contribution in [0.25, 0.3) is 5.65 Å². The van der Waals surface area contributed by atoms with Crippen molar-refractivity contribution in [1.82, 2.24) is 25.0 Å². The molecule has 0 aliphatic carbocycles. The highest BCUT2D eigenvalue weighted by molar-refractivity contribution is 14.0. The second kappa shape index (κ2) is 9.54. The van der Waals surface area contributed by atoms with Crippen LogP contribution in [0.5, 0.6) is 0 Å². The molecule has 0 saturated carbocycles. The van der Waals surface area contributed by atoms with Crippen LogP contribution in [0.1, 0.15) is 29.0 Å². The number of nitrogens with one attached hydrogen (secondary N) is 2. The van der Waals surface area contributed by atoms with Crippen molar-refractivity contribution in [3.63, 3.8) is 0 Å². The zero-order valence-corrected chi connectivity index (χ0v) is 18.4. The Kier molecular flexibility index (Phi) is 7.63. The molecule has 0 amide bonds. The lowest BCUT2D eigenvalue weighted by molar-refractivity contribution is -0.140. The maximum absolute atomic E-state index is 12.6. The Morgan fingerprint density at radius 2 is 2.04 bits per heavy atom.